The van der Waals surface area contributed by atoms with Crippen molar-refractivity contribution in [3.05, 3.63) is 47.7 Å². The number of amides is 2. The average Bonchev–Trinajstić information content (AvgIpc) is 3.24. The molecule has 3 heterocycles. The van der Waals surface area contributed by atoms with Gasteiger partial charge in [0.25, 0.3) is 18.2 Å². The number of ether oxygens (including phenoxy) is 1. The van der Waals surface area contributed by atoms with Crippen LogP contribution in [-0.2, 0) is 15.8 Å². The molecule has 4 N–H and O–H groups in total. The van der Waals surface area contributed by atoms with Crippen molar-refractivity contribution in [2.45, 2.75) is 25.9 Å². The number of nitrogens with one attached hydrogen (secondary N) is 2. The predicted octanol–water partition coefficient (Wildman–Crippen LogP) is 2.67. The van der Waals surface area contributed by atoms with Crippen LogP contribution in [-0.4, -0.2) is 64.3 Å². The lowest BCUT2D eigenvalue weighted by Gasteiger charge is -2.15. The maximum Gasteiger partial charge on any atom is 0.434 e. The second-order valence-electron chi connectivity index (χ2n) is 8.25. The van der Waals surface area contributed by atoms with Gasteiger partial charge in [-0.25, -0.2) is 23.7 Å². The summed E-state index contributed by atoms with van der Waals surface area (Å²) in [5.74, 6) is -1.86. The third kappa shape index (κ3) is 8.06. The van der Waals surface area contributed by atoms with Gasteiger partial charge in [0.1, 0.15) is 5.57 Å². The van der Waals surface area contributed by atoms with Crippen molar-refractivity contribution in [3.8, 4) is 5.88 Å². The van der Waals surface area contributed by atoms with Gasteiger partial charge in [-0.2, -0.15) is 13.2 Å². The number of nitrogens with zero attached hydrogens (tertiary/aromatic N) is 4. The quantitative estimate of drug-likeness (QED) is 0.195. The van der Waals surface area contributed by atoms with E-state index in [2.05, 4.69) is 25.6 Å². The zero-order valence-electron chi connectivity index (χ0n) is 19.6. The van der Waals surface area contributed by atoms with Crippen molar-refractivity contribution in [2.24, 2.45) is 11.7 Å². The second kappa shape index (κ2) is 11.9. The van der Waals surface area contributed by atoms with E-state index in [0.29, 0.717) is 32.1 Å². The van der Waals surface area contributed by atoms with E-state index in [0.717, 1.165) is 6.42 Å². The molecule has 37 heavy (non-hydrogen) atoms. The maximum absolute atomic E-state index is 12.7. The fourth-order valence-electron chi connectivity index (χ4n) is 3.53. The van der Waals surface area contributed by atoms with Gasteiger partial charge in [-0.15, -0.1) is 0 Å². The van der Waals surface area contributed by atoms with Gasteiger partial charge in [0.15, 0.2) is 11.5 Å². The van der Waals surface area contributed by atoms with Crippen molar-refractivity contribution in [2.75, 3.05) is 36.9 Å². The van der Waals surface area contributed by atoms with E-state index in [1.807, 2.05) is 0 Å². The molecule has 1 aliphatic heterocycles. The molecule has 2 amide bonds. The highest BCUT2D eigenvalue weighted by Crippen LogP contribution is 2.27. The molecule has 0 saturated carbocycles. The Balaban J connectivity index is 1.54. The van der Waals surface area contributed by atoms with Crippen LogP contribution in [0.15, 0.2) is 42.0 Å². The Hall–Kier alpha value is -3.88. The summed E-state index contributed by atoms with van der Waals surface area (Å²) < 4.78 is 68.4. The summed E-state index contributed by atoms with van der Waals surface area (Å²) in [5, 5.41) is 4.62. The molecular weight excluding hydrogens is 505 g/mol. The van der Waals surface area contributed by atoms with E-state index in [9.17, 15) is 31.5 Å². The lowest BCUT2D eigenvalue weighted by Crippen LogP contribution is -2.28. The highest BCUT2D eigenvalue weighted by molar-refractivity contribution is 6.26. The Labute approximate surface area is 208 Å². The van der Waals surface area contributed by atoms with Gasteiger partial charge in [0, 0.05) is 24.2 Å². The summed E-state index contributed by atoms with van der Waals surface area (Å²) in [4.78, 5) is 37.6. The number of carbonyl (C=O) groups excluding carboxylic acids is 2. The number of alkyl halides is 5. The van der Waals surface area contributed by atoms with E-state index >= 15 is 0 Å². The summed E-state index contributed by atoms with van der Waals surface area (Å²) in [5.41, 5.74) is 4.00. The van der Waals surface area contributed by atoms with Crippen LogP contribution >= 0.6 is 0 Å². The van der Waals surface area contributed by atoms with Crippen molar-refractivity contribution in [3.63, 3.8) is 0 Å². The van der Waals surface area contributed by atoms with Crippen molar-refractivity contribution in [1.82, 2.24) is 19.9 Å². The lowest BCUT2D eigenvalue weighted by molar-refractivity contribution is -0.141. The number of halogens is 5. The Kier molecular flexibility index (Phi) is 8.91. The van der Waals surface area contributed by atoms with E-state index in [4.69, 9.17) is 10.5 Å². The molecule has 0 aromatic carbocycles. The van der Waals surface area contributed by atoms with E-state index in [-0.39, 0.29) is 35.5 Å². The number of aromatic nitrogens is 3. The number of carbonyl (C=O) groups is 2. The third-order valence-electron chi connectivity index (χ3n) is 5.26. The van der Waals surface area contributed by atoms with Gasteiger partial charge in [-0.3, -0.25) is 14.5 Å². The van der Waals surface area contributed by atoms with E-state index < -0.39 is 35.7 Å². The van der Waals surface area contributed by atoms with E-state index in [1.165, 1.54) is 25.3 Å². The number of likely N-dealkylation sites (tertiary alicyclic amines) is 1. The molecule has 1 atom stereocenters. The summed E-state index contributed by atoms with van der Waals surface area (Å²) in [6.45, 7) is 2.41. The minimum atomic E-state index is -4.70. The Bertz CT molecular complexity index is 1120. The molecular formula is C22H24F5N7O3. The Morgan fingerprint density at radius 2 is 1.86 bits per heavy atom. The molecule has 0 aliphatic carbocycles. The van der Waals surface area contributed by atoms with Crippen LogP contribution in [0, 0.1) is 5.92 Å². The number of hydrogen-bond donors (Lipinski definition) is 3. The number of pyridine rings is 1. The van der Waals surface area contributed by atoms with Crippen LogP contribution in [0.5, 0.6) is 5.88 Å². The highest BCUT2D eigenvalue weighted by atomic mass is 19.4. The first-order valence-corrected chi connectivity index (χ1v) is 11.0. The first-order valence-electron chi connectivity index (χ1n) is 11.0. The molecule has 1 saturated heterocycles. The minimum absolute atomic E-state index is 0.0908. The van der Waals surface area contributed by atoms with Crippen LogP contribution in [0.4, 0.5) is 33.5 Å². The normalized spacial score (nSPS) is 16.9. The number of rotatable bonds is 9. The molecule has 1 aliphatic rings. The van der Waals surface area contributed by atoms with Crippen molar-refractivity contribution < 1.29 is 36.3 Å². The highest BCUT2D eigenvalue weighted by Gasteiger charge is 2.33. The van der Waals surface area contributed by atoms with Gasteiger partial charge in [0.2, 0.25) is 5.88 Å². The Morgan fingerprint density at radius 3 is 2.43 bits per heavy atom. The van der Waals surface area contributed by atoms with Crippen LogP contribution in [0.2, 0.25) is 0 Å². The molecule has 15 heteroatoms. The van der Waals surface area contributed by atoms with Crippen LogP contribution in [0.1, 0.15) is 19.0 Å². The molecule has 0 unspecified atom stereocenters. The second-order valence-corrected chi connectivity index (χ2v) is 8.25. The van der Waals surface area contributed by atoms with Crippen molar-refractivity contribution in [1.29, 1.82) is 0 Å². The molecule has 2 aromatic rings. The van der Waals surface area contributed by atoms with Crippen LogP contribution in [0.25, 0.3) is 0 Å². The van der Waals surface area contributed by atoms with Crippen LogP contribution < -0.4 is 21.1 Å². The number of allylic oxidation sites excluding steroid dienone is 1. The standard InChI is InChI=1S/C22H24F5N7O3/c1-12(28)19(21(36)33-17-8-29-15(7-30-17)22(25,26)27)20(35)32-14-2-3-18(31-6-14)37-11-13-4-5-34(9-13)10-16(23)24/h2-3,6-8,13,16H,4-5,9-11,28H2,1H3,(H,32,35)(H,30,33,36)/t13-/m1/s1. The van der Waals surface area contributed by atoms with Crippen LogP contribution in [0.3, 0.4) is 0 Å². The molecule has 1 fully saturated rings. The lowest BCUT2D eigenvalue weighted by atomic mass is 10.1. The fourth-order valence-corrected chi connectivity index (χ4v) is 3.53. The van der Waals surface area contributed by atoms with Gasteiger partial charge >= 0.3 is 6.18 Å². The summed E-state index contributed by atoms with van der Waals surface area (Å²) in [6, 6.07) is 2.96. The monoisotopic (exact) mass is 529 g/mol. The zero-order chi connectivity index (χ0) is 27.2. The topological polar surface area (TPSA) is 135 Å². The first kappa shape index (κ1) is 27.7. The molecule has 2 aromatic heterocycles. The first-order chi connectivity index (χ1) is 17.4. The number of nitrogens with two attached hydrogens (primary N) is 1. The Morgan fingerprint density at radius 1 is 1.14 bits per heavy atom. The molecule has 0 radical (unpaired) electrons. The predicted molar refractivity (Wildman–Crippen MR) is 121 cm³/mol. The molecule has 0 spiro atoms. The molecule has 3 rings (SSSR count). The van der Waals surface area contributed by atoms with Gasteiger partial charge in [-0.05, 0) is 26.0 Å². The third-order valence-corrected chi connectivity index (χ3v) is 5.26. The molecule has 0 bridgehead atoms. The maximum atomic E-state index is 12.7. The number of anilines is 2. The average molecular weight is 529 g/mol. The SMILES string of the molecule is CC(N)=C(C(=O)Nc1ccc(OC[C@@H]2CCN(CC(F)F)C2)nc1)C(=O)Nc1cnc(C(F)(F)F)cn1. The minimum Gasteiger partial charge on any atom is -0.477 e. The smallest absolute Gasteiger partial charge is 0.434 e. The largest absolute Gasteiger partial charge is 0.477 e. The fraction of sp³-hybridized carbons (Fsp3) is 0.409. The molecule has 10 nitrogen and oxygen atoms in total. The van der Waals surface area contributed by atoms with Gasteiger partial charge in [-0.1, -0.05) is 0 Å². The van der Waals surface area contributed by atoms with Crippen molar-refractivity contribution >= 4 is 23.3 Å². The number of hydrogen-bond acceptors (Lipinski definition) is 8. The summed E-state index contributed by atoms with van der Waals surface area (Å²) in [7, 11) is 0. The van der Waals surface area contributed by atoms with Gasteiger partial charge < -0.3 is 21.1 Å². The van der Waals surface area contributed by atoms with Gasteiger partial charge in [0.05, 0.1) is 37.4 Å². The molecule has 200 valence electrons. The summed E-state index contributed by atoms with van der Waals surface area (Å²) in [6.07, 6.45) is -3.92. The summed E-state index contributed by atoms with van der Waals surface area (Å²) >= 11 is 0. The van der Waals surface area contributed by atoms with E-state index in [1.54, 1.807) is 4.90 Å². The zero-order valence-corrected chi connectivity index (χ0v) is 19.6.